The maximum atomic E-state index is 9.73. The summed E-state index contributed by atoms with van der Waals surface area (Å²) in [4.78, 5) is 0. The Bertz CT molecular complexity index is 398. The lowest BCUT2D eigenvalue weighted by atomic mass is 10.0. The Labute approximate surface area is 126 Å². The van der Waals surface area contributed by atoms with E-state index in [1.54, 1.807) is 12.1 Å². The van der Waals surface area contributed by atoms with Crippen molar-refractivity contribution in [1.29, 1.82) is 0 Å². The van der Waals surface area contributed by atoms with Crippen molar-refractivity contribution in [2.75, 3.05) is 0 Å². The van der Waals surface area contributed by atoms with Gasteiger partial charge in [-0.3, -0.25) is 0 Å². The molecule has 3 N–H and O–H groups in total. The number of benzene rings is 1. The molecule has 90 valence electrons. The number of phenols is 1. The van der Waals surface area contributed by atoms with E-state index in [4.69, 9.17) is 5.73 Å². The van der Waals surface area contributed by atoms with Crippen LogP contribution in [0.2, 0.25) is 0 Å². The van der Waals surface area contributed by atoms with Crippen LogP contribution in [0.15, 0.2) is 32.1 Å². The normalized spacial score (nSPS) is 11.8. The third-order valence-electron chi connectivity index (χ3n) is 1.97. The molecular formula is C10H11Br3ClNO. The average molecular weight is 436 g/mol. The number of nitrogens with two attached hydrogens (primary N) is 1. The van der Waals surface area contributed by atoms with Crippen LogP contribution >= 0.6 is 60.2 Å². The predicted octanol–water partition coefficient (Wildman–Crippen LogP) is 4.68. The summed E-state index contributed by atoms with van der Waals surface area (Å²) < 4.78 is 2.09. The van der Waals surface area contributed by atoms with E-state index < -0.39 is 0 Å². The average Bonchev–Trinajstić information content (AvgIpc) is 2.15. The lowest BCUT2D eigenvalue weighted by molar-refractivity contribution is 0.466. The van der Waals surface area contributed by atoms with Gasteiger partial charge in [0.2, 0.25) is 0 Å². The van der Waals surface area contributed by atoms with E-state index in [0.29, 0.717) is 15.4 Å². The van der Waals surface area contributed by atoms with Crippen LogP contribution in [0.25, 0.3) is 0 Å². The second kappa shape index (κ2) is 7.01. The van der Waals surface area contributed by atoms with Crippen LogP contribution in [0.3, 0.4) is 0 Å². The summed E-state index contributed by atoms with van der Waals surface area (Å²) in [6, 6.07) is 1.59. The Morgan fingerprint density at radius 3 is 2.44 bits per heavy atom. The van der Waals surface area contributed by atoms with Gasteiger partial charge in [0.1, 0.15) is 5.75 Å². The molecule has 0 aliphatic rings. The van der Waals surface area contributed by atoms with Gasteiger partial charge in [-0.05, 0) is 44.3 Å². The van der Waals surface area contributed by atoms with E-state index in [2.05, 4.69) is 54.4 Å². The Morgan fingerprint density at radius 1 is 1.38 bits per heavy atom. The van der Waals surface area contributed by atoms with Crippen LogP contribution in [0.5, 0.6) is 5.75 Å². The molecular weight excluding hydrogens is 425 g/mol. The Hall–Kier alpha value is 0.450. The van der Waals surface area contributed by atoms with Gasteiger partial charge in [0.25, 0.3) is 0 Å². The predicted molar refractivity (Wildman–Crippen MR) is 80.2 cm³/mol. The molecule has 2 nitrogen and oxygen atoms in total. The van der Waals surface area contributed by atoms with E-state index in [0.717, 1.165) is 10.0 Å². The largest absolute Gasteiger partial charge is 0.506 e. The van der Waals surface area contributed by atoms with Crippen molar-refractivity contribution < 1.29 is 5.11 Å². The minimum Gasteiger partial charge on any atom is -0.506 e. The number of aromatic hydroxyl groups is 1. The van der Waals surface area contributed by atoms with Gasteiger partial charge >= 0.3 is 0 Å². The van der Waals surface area contributed by atoms with Crippen LogP contribution < -0.4 is 5.73 Å². The molecule has 16 heavy (non-hydrogen) atoms. The summed E-state index contributed by atoms with van der Waals surface area (Å²) >= 11 is 9.99. The molecule has 0 radical (unpaired) electrons. The van der Waals surface area contributed by atoms with Gasteiger partial charge in [-0.25, -0.2) is 0 Å². The van der Waals surface area contributed by atoms with Crippen molar-refractivity contribution in [2.24, 2.45) is 5.73 Å². The fourth-order valence-electron chi connectivity index (χ4n) is 1.23. The number of hydrogen-bond acceptors (Lipinski definition) is 2. The molecule has 0 amide bonds. The van der Waals surface area contributed by atoms with Gasteiger partial charge in [-0.2, -0.15) is 0 Å². The first-order valence-corrected chi connectivity index (χ1v) is 6.59. The Morgan fingerprint density at radius 2 is 1.94 bits per heavy atom. The molecule has 0 aromatic heterocycles. The van der Waals surface area contributed by atoms with Crippen LogP contribution in [0, 0.1) is 0 Å². The molecule has 0 unspecified atom stereocenters. The smallest absolute Gasteiger partial charge is 0.144 e. The van der Waals surface area contributed by atoms with E-state index in [1.165, 1.54) is 0 Å². The molecule has 1 aromatic carbocycles. The topological polar surface area (TPSA) is 46.2 Å². The zero-order valence-corrected chi connectivity index (χ0v) is 13.8. The fourth-order valence-corrected chi connectivity index (χ4v) is 3.94. The van der Waals surface area contributed by atoms with Crippen molar-refractivity contribution in [3.8, 4) is 5.75 Å². The number of halogens is 4. The van der Waals surface area contributed by atoms with Gasteiger partial charge in [0.15, 0.2) is 0 Å². The summed E-state index contributed by atoms with van der Waals surface area (Å²) in [5.74, 6) is 0.160. The van der Waals surface area contributed by atoms with Crippen LogP contribution in [0.4, 0.5) is 0 Å². The van der Waals surface area contributed by atoms with E-state index in [-0.39, 0.29) is 24.2 Å². The number of rotatable bonds is 3. The van der Waals surface area contributed by atoms with E-state index in [1.807, 2.05) is 0 Å². The maximum Gasteiger partial charge on any atom is 0.144 e. The summed E-state index contributed by atoms with van der Waals surface area (Å²) in [5.41, 5.74) is 6.81. The molecule has 0 heterocycles. The van der Waals surface area contributed by atoms with Crippen LogP contribution in [0.1, 0.15) is 18.0 Å². The minimum atomic E-state index is -0.190. The second-order valence-corrected chi connectivity index (χ2v) is 5.55. The molecule has 0 bridgehead atoms. The lowest BCUT2D eigenvalue weighted by Gasteiger charge is -2.16. The first kappa shape index (κ1) is 16.4. The van der Waals surface area contributed by atoms with E-state index in [9.17, 15) is 5.11 Å². The zero-order chi connectivity index (χ0) is 11.6. The highest BCUT2D eigenvalue weighted by atomic mass is 79.9. The molecule has 1 atom stereocenters. The lowest BCUT2D eigenvalue weighted by Crippen LogP contribution is -2.10. The molecule has 0 saturated heterocycles. The monoisotopic (exact) mass is 433 g/mol. The fraction of sp³-hybridized carbons (Fsp3) is 0.200. The quantitative estimate of drug-likeness (QED) is 0.677. The highest BCUT2D eigenvalue weighted by Crippen LogP contribution is 2.42. The van der Waals surface area contributed by atoms with Crippen molar-refractivity contribution in [1.82, 2.24) is 0 Å². The summed E-state index contributed by atoms with van der Waals surface area (Å²) in [5, 5.41) is 9.73. The summed E-state index contributed by atoms with van der Waals surface area (Å²) in [6.45, 7) is 3.64. The Balaban J connectivity index is 0.00000225. The minimum absolute atomic E-state index is 0. The second-order valence-electron chi connectivity index (χ2n) is 3.05. The van der Waals surface area contributed by atoms with Crippen molar-refractivity contribution >= 4 is 60.2 Å². The van der Waals surface area contributed by atoms with Crippen LogP contribution in [-0.4, -0.2) is 5.11 Å². The zero-order valence-electron chi connectivity index (χ0n) is 8.21. The molecule has 0 aliphatic carbocycles. The highest BCUT2D eigenvalue weighted by molar-refractivity contribution is 9.11. The van der Waals surface area contributed by atoms with E-state index >= 15 is 0 Å². The van der Waals surface area contributed by atoms with Gasteiger partial charge in [-0.15, -0.1) is 19.0 Å². The highest BCUT2D eigenvalue weighted by Gasteiger charge is 2.17. The first-order valence-electron chi connectivity index (χ1n) is 4.21. The third kappa shape index (κ3) is 3.47. The SMILES string of the molecule is C=CC[C@H](N)c1c(Br)cc(Br)c(O)c1Br.Cl. The molecule has 6 heteroatoms. The van der Waals surface area contributed by atoms with Crippen molar-refractivity contribution in [2.45, 2.75) is 12.5 Å². The van der Waals surface area contributed by atoms with Crippen LogP contribution in [-0.2, 0) is 0 Å². The Kier molecular flexibility index (Phi) is 7.21. The standard InChI is InChI=1S/C10H10Br3NO.ClH/c1-2-3-7(14)8-5(11)4-6(12)10(15)9(8)13;/h2,4,7,15H,1,3,14H2;1H/t7-;/m0./s1. The van der Waals surface area contributed by atoms with Crippen molar-refractivity contribution in [3.63, 3.8) is 0 Å². The van der Waals surface area contributed by atoms with Gasteiger partial charge in [-0.1, -0.05) is 22.0 Å². The summed E-state index contributed by atoms with van der Waals surface area (Å²) in [6.07, 6.45) is 2.40. The molecule has 0 spiro atoms. The van der Waals surface area contributed by atoms with Crippen molar-refractivity contribution in [3.05, 3.63) is 37.7 Å². The van der Waals surface area contributed by atoms with Gasteiger partial charge in [0, 0.05) is 16.1 Å². The molecule has 1 aromatic rings. The molecule has 0 aliphatic heterocycles. The number of hydrogen-bond donors (Lipinski definition) is 2. The third-order valence-corrected chi connectivity index (χ3v) is 4.04. The summed E-state index contributed by atoms with van der Waals surface area (Å²) in [7, 11) is 0. The van der Waals surface area contributed by atoms with Gasteiger partial charge < -0.3 is 10.8 Å². The van der Waals surface area contributed by atoms with Gasteiger partial charge in [0.05, 0.1) is 8.95 Å². The molecule has 0 saturated carbocycles. The molecule has 0 fully saturated rings. The maximum absolute atomic E-state index is 9.73. The first-order chi connectivity index (χ1) is 6.99. The number of phenolic OH excluding ortho intramolecular Hbond substituents is 1. The molecule has 1 rings (SSSR count).